The minimum atomic E-state index is -0.653. The second kappa shape index (κ2) is 8.35. The van der Waals surface area contributed by atoms with Gasteiger partial charge in [0.2, 0.25) is 5.78 Å². The molecule has 33 heavy (non-hydrogen) atoms. The Morgan fingerprint density at radius 1 is 1.15 bits per heavy atom. The maximum Gasteiger partial charge on any atom is 0.343 e. The molecule has 6 nitrogen and oxygen atoms in total. The molecular weight excluding hydrogens is 451 g/mol. The second-order valence-electron chi connectivity index (χ2n) is 7.54. The van der Waals surface area contributed by atoms with Crippen LogP contribution in [0, 0.1) is 12.7 Å². The average molecular weight is 467 g/mol. The Bertz CT molecular complexity index is 1330. The molecule has 2 heterocycles. The molecule has 0 saturated carbocycles. The molecule has 5 rings (SSSR count). The Balaban J connectivity index is 1.44. The molecule has 0 N–H and O–H groups in total. The van der Waals surface area contributed by atoms with E-state index in [-0.39, 0.29) is 35.4 Å². The Morgan fingerprint density at radius 3 is 2.73 bits per heavy atom. The number of rotatable bonds is 3. The van der Waals surface area contributed by atoms with Crippen molar-refractivity contribution < 1.29 is 32.9 Å². The molecule has 0 radical (unpaired) electrons. The number of aryl methyl sites for hydroxylation is 1. The Kier molecular flexibility index (Phi) is 5.36. The molecule has 0 spiro atoms. The van der Waals surface area contributed by atoms with E-state index >= 15 is 0 Å². The monoisotopic (exact) mass is 466 g/mol. The molecular formula is C25H16ClFO6. The first-order valence-electron chi connectivity index (χ1n) is 9.98. The normalized spacial score (nSPS) is 15.5. The second-order valence-corrected chi connectivity index (χ2v) is 7.98. The number of halogens is 2. The highest BCUT2D eigenvalue weighted by Crippen LogP contribution is 2.39. The molecule has 2 aliphatic rings. The lowest BCUT2D eigenvalue weighted by Gasteiger charge is -2.20. The number of hydrogen-bond acceptors (Lipinski definition) is 6. The Morgan fingerprint density at radius 2 is 1.94 bits per heavy atom. The van der Waals surface area contributed by atoms with Crippen LogP contribution in [0.4, 0.5) is 4.39 Å². The molecule has 0 atom stereocenters. The zero-order chi connectivity index (χ0) is 23.1. The van der Waals surface area contributed by atoms with Crippen LogP contribution in [0.15, 0.2) is 54.3 Å². The first-order chi connectivity index (χ1) is 15.9. The van der Waals surface area contributed by atoms with E-state index < -0.39 is 11.8 Å². The molecule has 2 aliphatic heterocycles. The number of hydrogen-bond donors (Lipinski definition) is 0. The first kappa shape index (κ1) is 21.2. The molecule has 0 amide bonds. The molecule has 0 aliphatic carbocycles. The molecule has 166 valence electrons. The van der Waals surface area contributed by atoms with Crippen LogP contribution in [0.5, 0.6) is 17.2 Å². The van der Waals surface area contributed by atoms with Crippen molar-refractivity contribution in [3.05, 3.63) is 92.9 Å². The Labute approximate surface area is 193 Å². The highest BCUT2D eigenvalue weighted by Gasteiger charge is 2.31. The van der Waals surface area contributed by atoms with E-state index in [0.717, 1.165) is 5.56 Å². The maximum atomic E-state index is 13.1. The summed E-state index contributed by atoms with van der Waals surface area (Å²) in [6.45, 7) is 2.17. The number of esters is 1. The summed E-state index contributed by atoms with van der Waals surface area (Å²) in [7, 11) is 0. The van der Waals surface area contributed by atoms with Crippen LogP contribution in [-0.4, -0.2) is 18.5 Å². The molecule has 3 aromatic carbocycles. The summed E-state index contributed by atoms with van der Waals surface area (Å²) in [6, 6.07) is 11.5. The molecule has 0 bridgehead atoms. The lowest BCUT2D eigenvalue weighted by atomic mass is 10.0. The quantitative estimate of drug-likeness (QED) is 0.289. The van der Waals surface area contributed by atoms with Crippen LogP contribution >= 0.6 is 11.6 Å². The van der Waals surface area contributed by atoms with E-state index in [2.05, 4.69) is 0 Å². The zero-order valence-corrected chi connectivity index (χ0v) is 18.1. The lowest BCUT2D eigenvalue weighted by Crippen LogP contribution is -2.12. The third-order valence-corrected chi connectivity index (χ3v) is 5.44. The van der Waals surface area contributed by atoms with Crippen LogP contribution in [0.2, 0.25) is 5.02 Å². The van der Waals surface area contributed by atoms with Gasteiger partial charge in [0.05, 0.1) is 17.7 Å². The van der Waals surface area contributed by atoms with Crippen molar-refractivity contribution in [2.24, 2.45) is 0 Å². The van der Waals surface area contributed by atoms with E-state index in [9.17, 15) is 14.0 Å². The largest absolute Gasteiger partial charge is 0.467 e. The van der Waals surface area contributed by atoms with Gasteiger partial charge in [-0.25, -0.2) is 9.18 Å². The highest BCUT2D eigenvalue weighted by atomic mass is 35.5. The fourth-order valence-electron chi connectivity index (χ4n) is 3.75. The molecule has 0 fully saturated rings. The summed E-state index contributed by atoms with van der Waals surface area (Å²) in [5.74, 6) is -0.265. The number of Topliss-reactive ketones (excluding diaryl/α,β-unsaturated/α-hetero) is 1. The smallest absolute Gasteiger partial charge is 0.343 e. The topological polar surface area (TPSA) is 71.1 Å². The van der Waals surface area contributed by atoms with Gasteiger partial charge in [0.25, 0.3) is 0 Å². The zero-order valence-electron chi connectivity index (χ0n) is 17.3. The van der Waals surface area contributed by atoms with E-state index in [4.69, 9.17) is 30.5 Å². The molecule has 3 aromatic rings. The number of allylic oxidation sites excluding steroid dienone is 1. The van der Waals surface area contributed by atoms with Gasteiger partial charge in [-0.2, -0.15) is 0 Å². The van der Waals surface area contributed by atoms with Gasteiger partial charge in [0.15, 0.2) is 12.6 Å². The van der Waals surface area contributed by atoms with E-state index in [1.807, 2.05) is 0 Å². The standard InChI is InChI=1S/C25H16ClFO6/c1-13-6-19(32-25(29)14-2-4-18(27)5-3-14)10-20-22(13)23(28)21(33-20)9-15-7-17(26)8-16-11-30-12-31-24(15)16/h2-10H,11-12H2,1H3/b21-9-. The third-order valence-electron chi connectivity index (χ3n) is 5.22. The molecule has 0 saturated heterocycles. The molecule has 0 unspecified atom stereocenters. The van der Waals surface area contributed by atoms with E-state index in [0.29, 0.717) is 34.1 Å². The number of carbonyl (C=O) groups is 2. The van der Waals surface area contributed by atoms with Gasteiger partial charge < -0.3 is 18.9 Å². The van der Waals surface area contributed by atoms with Crippen LogP contribution in [0.25, 0.3) is 6.08 Å². The van der Waals surface area contributed by atoms with E-state index in [1.165, 1.54) is 30.3 Å². The minimum Gasteiger partial charge on any atom is -0.467 e. The number of ketones is 1. The fraction of sp³-hybridized carbons (Fsp3) is 0.120. The van der Waals surface area contributed by atoms with E-state index in [1.54, 1.807) is 31.2 Å². The van der Waals surface area contributed by atoms with Crippen LogP contribution in [0.1, 0.15) is 37.4 Å². The predicted octanol–water partition coefficient (Wildman–Crippen LogP) is 5.49. The van der Waals surface area contributed by atoms with Crippen molar-refractivity contribution >= 4 is 29.4 Å². The first-order valence-corrected chi connectivity index (χ1v) is 10.4. The van der Waals surface area contributed by atoms with Crippen molar-refractivity contribution in [1.29, 1.82) is 0 Å². The van der Waals surface area contributed by atoms with Gasteiger partial charge in [0.1, 0.15) is 23.1 Å². The third kappa shape index (κ3) is 4.08. The van der Waals surface area contributed by atoms with Crippen LogP contribution in [-0.2, 0) is 11.3 Å². The predicted molar refractivity (Wildman–Crippen MR) is 117 cm³/mol. The van der Waals surface area contributed by atoms with Crippen molar-refractivity contribution in [2.45, 2.75) is 13.5 Å². The molecule has 8 heteroatoms. The number of carbonyl (C=O) groups excluding carboxylic acids is 2. The highest BCUT2D eigenvalue weighted by molar-refractivity contribution is 6.31. The van der Waals surface area contributed by atoms with Crippen molar-refractivity contribution in [3.8, 4) is 17.2 Å². The van der Waals surface area contributed by atoms with Gasteiger partial charge >= 0.3 is 5.97 Å². The summed E-state index contributed by atoms with van der Waals surface area (Å²) in [4.78, 5) is 25.4. The summed E-state index contributed by atoms with van der Waals surface area (Å²) in [6.07, 6.45) is 1.57. The number of ether oxygens (including phenoxy) is 4. The summed E-state index contributed by atoms with van der Waals surface area (Å²) in [5, 5.41) is 0.476. The van der Waals surface area contributed by atoms with Crippen molar-refractivity contribution in [2.75, 3.05) is 6.79 Å². The minimum absolute atomic E-state index is 0.0923. The van der Waals surface area contributed by atoms with Crippen molar-refractivity contribution in [1.82, 2.24) is 0 Å². The number of benzene rings is 3. The SMILES string of the molecule is Cc1cc(OC(=O)c2ccc(F)cc2)cc2c1C(=O)/C(=C/c1cc(Cl)cc3c1OCOC3)O2. The average Bonchev–Trinajstić information content (AvgIpc) is 3.09. The molecule has 0 aromatic heterocycles. The lowest BCUT2D eigenvalue weighted by molar-refractivity contribution is -0.0165. The summed E-state index contributed by atoms with van der Waals surface area (Å²) in [5.41, 5.74) is 2.53. The number of fused-ring (bicyclic) bond motifs is 2. The van der Waals surface area contributed by atoms with Gasteiger partial charge in [0, 0.05) is 22.2 Å². The summed E-state index contributed by atoms with van der Waals surface area (Å²) < 4.78 is 35.2. The fourth-order valence-corrected chi connectivity index (χ4v) is 3.99. The van der Waals surface area contributed by atoms with Crippen LogP contribution < -0.4 is 14.2 Å². The maximum absolute atomic E-state index is 13.1. The van der Waals surface area contributed by atoms with Gasteiger partial charge in [-0.3, -0.25) is 4.79 Å². The Hall–Kier alpha value is -3.68. The van der Waals surface area contributed by atoms with Gasteiger partial charge in [-0.05, 0) is 61.0 Å². The van der Waals surface area contributed by atoms with Gasteiger partial charge in [-0.1, -0.05) is 11.6 Å². The van der Waals surface area contributed by atoms with Gasteiger partial charge in [-0.15, -0.1) is 0 Å². The van der Waals surface area contributed by atoms with Crippen LogP contribution in [0.3, 0.4) is 0 Å². The van der Waals surface area contributed by atoms with Crippen molar-refractivity contribution in [3.63, 3.8) is 0 Å². The summed E-state index contributed by atoms with van der Waals surface area (Å²) >= 11 is 6.21.